The molecule has 0 saturated heterocycles. The van der Waals surface area contributed by atoms with Gasteiger partial charge in [0.15, 0.2) is 5.76 Å². The smallest absolute Gasteiger partial charge is 0.290 e. The zero-order valence-electron chi connectivity index (χ0n) is 13.7. The Hall–Kier alpha value is -2.41. The zero-order valence-corrected chi connectivity index (χ0v) is 16.0. The molecule has 2 amide bonds. The molecule has 0 saturated carbocycles. The molecule has 0 atom stereocenters. The molecule has 0 fully saturated rings. The van der Waals surface area contributed by atoms with E-state index in [0.717, 1.165) is 0 Å². The van der Waals surface area contributed by atoms with Gasteiger partial charge in [-0.3, -0.25) is 9.59 Å². The fourth-order valence-electron chi connectivity index (χ4n) is 2.36. The lowest BCUT2D eigenvalue weighted by molar-refractivity contribution is -0.117. The lowest BCUT2D eigenvalue weighted by atomic mass is 10.3. The van der Waals surface area contributed by atoms with Crippen LogP contribution < -0.4 is 5.32 Å². The summed E-state index contributed by atoms with van der Waals surface area (Å²) in [4.78, 5) is 26.4. The van der Waals surface area contributed by atoms with Crippen molar-refractivity contribution >= 4 is 52.3 Å². The molecule has 1 aromatic carbocycles. The second-order valence-electron chi connectivity index (χ2n) is 5.51. The van der Waals surface area contributed by atoms with Crippen LogP contribution in [0.5, 0.6) is 0 Å². The van der Waals surface area contributed by atoms with Crippen molar-refractivity contribution < 1.29 is 18.4 Å². The Morgan fingerprint density at radius 1 is 1.00 bits per heavy atom. The molecular formula is C18H13Cl3N2O4. The molecule has 0 bridgehead atoms. The van der Waals surface area contributed by atoms with E-state index < -0.39 is 11.8 Å². The van der Waals surface area contributed by atoms with E-state index in [1.807, 2.05) is 0 Å². The summed E-state index contributed by atoms with van der Waals surface area (Å²) in [6, 6.07) is 9.41. The first-order chi connectivity index (χ1) is 12.9. The number of hydrogen-bond acceptors (Lipinski definition) is 4. The minimum absolute atomic E-state index is 0.0854. The van der Waals surface area contributed by atoms with E-state index in [2.05, 4.69) is 5.32 Å². The molecule has 2 heterocycles. The highest BCUT2D eigenvalue weighted by Gasteiger charge is 2.23. The van der Waals surface area contributed by atoms with Crippen LogP contribution in [-0.2, 0) is 11.3 Å². The molecule has 1 N–H and O–H groups in total. The van der Waals surface area contributed by atoms with Gasteiger partial charge in [-0.1, -0.05) is 34.8 Å². The Morgan fingerprint density at radius 2 is 1.67 bits per heavy atom. The molecule has 0 radical (unpaired) electrons. The molecule has 0 aliphatic carbocycles. The molecule has 3 rings (SSSR count). The third-order valence-electron chi connectivity index (χ3n) is 3.55. The quantitative estimate of drug-likeness (QED) is 0.593. The minimum atomic E-state index is -0.493. The molecule has 0 aliphatic heterocycles. The van der Waals surface area contributed by atoms with Gasteiger partial charge in [0.1, 0.15) is 12.3 Å². The molecule has 27 heavy (non-hydrogen) atoms. The third kappa shape index (κ3) is 4.86. The number of halogens is 3. The summed E-state index contributed by atoms with van der Waals surface area (Å²) in [6.45, 7) is -0.183. The van der Waals surface area contributed by atoms with Gasteiger partial charge in [-0.2, -0.15) is 0 Å². The van der Waals surface area contributed by atoms with Crippen LogP contribution in [0.3, 0.4) is 0 Å². The highest BCUT2D eigenvalue weighted by molar-refractivity contribution is 6.42. The van der Waals surface area contributed by atoms with E-state index >= 15 is 0 Å². The second kappa shape index (κ2) is 8.52. The fraction of sp³-hybridized carbons (Fsp3) is 0.111. The van der Waals surface area contributed by atoms with Crippen LogP contribution in [0.4, 0.5) is 5.69 Å². The monoisotopic (exact) mass is 426 g/mol. The Kier molecular flexibility index (Phi) is 6.11. The highest BCUT2D eigenvalue weighted by atomic mass is 35.5. The van der Waals surface area contributed by atoms with Crippen LogP contribution in [0.2, 0.25) is 15.1 Å². The van der Waals surface area contributed by atoms with Crippen molar-refractivity contribution in [2.24, 2.45) is 0 Å². The van der Waals surface area contributed by atoms with Crippen LogP contribution in [0.25, 0.3) is 0 Å². The van der Waals surface area contributed by atoms with E-state index in [-0.39, 0.29) is 34.6 Å². The summed E-state index contributed by atoms with van der Waals surface area (Å²) in [6.07, 6.45) is 2.86. The van der Waals surface area contributed by atoms with Gasteiger partial charge in [-0.25, -0.2) is 0 Å². The standard InChI is InChI=1S/C18H13Cl3N2O4/c19-11-7-13(20)17(14(21)8-11)22-16(24)10-23(9-12-3-1-5-26-12)18(25)15-4-2-6-27-15/h1-8H,9-10H2,(H,22,24). The summed E-state index contributed by atoms with van der Waals surface area (Å²) in [5.74, 6) is -0.324. The molecule has 2 aromatic heterocycles. The normalized spacial score (nSPS) is 10.6. The first kappa shape index (κ1) is 19.4. The minimum Gasteiger partial charge on any atom is -0.467 e. The summed E-state index contributed by atoms with van der Waals surface area (Å²) in [5, 5.41) is 3.32. The second-order valence-corrected chi connectivity index (χ2v) is 6.76. The number of nitrogens with zero attached hydrogens (tertiary/aromatic N) is 1. The third-order valence-corrected chi connectivity index (χ3v) is 4.37. The topological polar surface area (TPSA) is 75.7 Å². The van der Waals surface area contributed by atoms with Crippen molar-refractivity contribution in [2.45, 2.75) is 6.54 Å². The molecular weight excluding hydrogens is 415 g/mol. The zero-order chi connectivity index (χ0) is 19.4. The Morgan fingerprint density at radius 3 is 2.26 bits per heavy atom. The van der Waals surface area contributed by atoms with Gasteiger partial charge in [0.25, 0.3) is 5.91 Å². The SMILES string of the molecule is O=C(CN(Cc1ccco1)C(=O)c1ccco1)Nc1c(Cl)cc(Cl)cc1Cl. The molecule has 9 heteroatoms. The number of furan rings is 2. The van der Waals surface area contributed by atoms with E-state index in [9.17, 15) is 9.59 Å². The lowest BCUT2D eigenvalue weighted by Gasteiger charge is -2.20. The number of nitrogens with one attached hydrogen (secondary N) is 1. The Balaban J connectivity index is 1.77. The molecule has 6 nitrogen and oxygen atoms in total. The predicted octanol–water partition coefficient (Wildman–Crippen LogP) is 5.11. The van der Waals surface area contributed by atoms with Crippen LogP contribution in [0.15, 0.2) is 57.8 Å². The molecule has 140 valence electrons. The maximum atomic E-state index is 12.6. The van der Waals surface area contributed by atoms with Crippen LogP contribution in [0, 0.1) is 0 Å². The maximum absolute atomic E-state index is 12.6. The van der Waals surface area contributed by atoms with Gasteiger partial charge in [0.2, 0.25) is 5.91 Å². The van der Waals surface area contributed by atoms with E-state index in [0.29, 0.717) is 10.8 Å². The van der Waals surface area contributed by atoms with Crippen LogP contribution >= 0.6 is 34.8 Å². The van der Waals surface area contributed by atoms with Crippen molar-refractivity contribution in [3.63, 3.8) is 0 Å². The lowest BCUT2D eigenvalue weighted by Crippen LogP contribution is -2.37. The highest BCUT2D eigenvalue weighted by Crippen LogP contribution is 2.33. The fourth-order valence-corrected chi connectivity index (χ4v) is 3.27. The largest absolute Gasteiger partial charge is 0.467 e. The van der Waals surface area contributed by atoms with Crippen molar-refractivity contribution in [1.29, 1.82) is 0 Å². The van der Waals surface area contributed by atoms with Crippen molar-refractivity contribution in [3.8, 4) is 0 Å². The number of carbonyl (C=O) groups excluding carboxylic acids is 2. The average Bonchev–Trinajstić information content (AvgIpc) is 3.30. The molecule has 0 spiro atoms. The molecule has 3 aromatic rings. The van der Waals surface area contributed by atoms with Gasteiger partial charge in [0, 0.05) is 5.02 Å². The van der Waals surface area contributed by atoms with Crippen molar-refractivity contribution in [1.82, 2.24) is 4.90 Å². The number of hydrogen-bond donors (Lipinski definition) is 1. The van der Waals surface area contributed by atoms with Crippen LogP contribution in [-0.4, -0.2) is 23.3 Å². The van der Waals surface area contributed by atoms with Crippen molar-refractivity contribution in [3.05, 3.63) is 75.5 Å². The van der Waals surface area contributed by atoms with Gasteiger partial charge in [-0.15, -0.1) is 0 Å². The van der Waals surface area contributed by atoms with E-state index in [1.165, 1.54) is 35.6 Å². The Bertz CT molecular complexity index is 917. The Labute approximate surface area is 169 Å². The first-order valence-corrected chi connectivity index (χ1v) is 8.87. The van der Waals surface area contributed by atoms with Gasteiger partial charge in [-0.05, 0) is 36.4 Å². The maximum Gasteiger partial charge on any atom is 0.290 e. The van der Waals surface area contributed by atoms with Crippen LogP contribution in [0.1, 0.15) is 16.3 Å². The summed E-state index contributed by atoms with van der Waals surface area (Å²) < 4.78 is 10.4. The molecule has 0 unspecified atom stereocenters. The van der Waals surface area contributed by atoms with Gasteiger partial charge < -0.3 is 19.1 Å². The number of amides is 2. The number of benzene rings is 1. The molecule has 0 aliphatic rings. The first-order valence-electron chi connectivity index (χ1n) is 7.73. The average molecular weight is 428 g/mol. The summed E-state index contributed by atoms with van der Waals surface area (Å²) in [5.41, 5.74) is 0.219. The van der Waals surface area contributed by atoms with Crippen molar-refractivity contribution in [2.75, 3.05) is 11.9 Å². The summed E-state index contributed by atoms with van der Waals surface area (Å²) in [7, 11) is 0. The van der Waals surface area contributed by atoms with E-state index in [1.54, 1.807) is 18.2 Å². The number of rotatable bonds is 6. The predicted molar refractivity (Wildman–Crippen MR) is 102 cm³/mol. The number of carbonyl (C=O) groups is 2. The van der Waals surface area contributed by atoms with Gasteiger partial charge in [0.05, 0.1) is 34.8 Å². The number of anilines is 1. The van der Waals surface area contributed by atoms with E-state index in [4.69, 9.17) is 43.6 Å². The van der Waals surface area contributed by atoms with Gasteiger partial charge >= 0.3 is 0 Å². The summed E-state index contributed by atoms with van der Waals surface area (Å²) >= 11 is 18.0.